The largest absolute Gasteiger partial charge is 0.352 e. The zero-order valence-corrected chi connectivity index (χ0v) is 19.7. The predicted molar refractivity (Wildman–Crippen MR) is 135 cm³/mol. The number of hydrogen-bond acceptors (Lipinski definition) is 3. The van der Waals surface area contributed by atoms with Gasteiger partial charge in [0.25, 0.3) is 5.56 Å². The van der Waals surface area contributed by atoms with Gasteiger partial charge in [-0.05, 0) is 59.8 Å². The van der Waals surface area contributed by atoms with E-state index >= 15 is 0 Å². The predicted octanol–water partition coefficient (Wildman–Crippen LogP) is 3.54. The van der Waals surface area contributed by atoms with Crippen LogP contribution in [0.3, 0.4) is 0 Å². The molecule has 2 N–H and O–H groups in total. The fourth-order valence-electron chi connectivity index (χ4n) is 5.07. The first-order valence-corrected chi connectivity index (χ1v) is 12.0. The third kappa shape index (κ3) is 4.91. The summed E-state index contributed by atoms with van der Waals surface area (Å²) in [5.74, 6) is -0.529. The summed E-state index contributed by atoms with van der Waals surface area (Å²) >= 11 is 0. The molecule has 0 spiro atoms. The molecule has 5 rings (SSSR count). The van der Waals surface area contributed by atoms with Crippen molar-refractivity contribution in [1.82, 2.24) is 19.8 Å². The molecule has 1 aliphatic rings. The lowest BCUT2D eigenvalue weighted by Gasteiger charge is -2.31. The number of rotatable bonds is 6. The van der Waals surface area contributed by atoms with Gasteiger partial charge in [-0.15, -0.1) is 0 Å². The Balaban J connectivity index is 1.35. The van der Waals surface area contributed by atoms with Crippen molar-refractivity contribution in [3.05, 3.63) is 106 Å². The maximum atomic E-state index is 13.7. The van der Waals surface area contributed by atoms with Gasteiger partial charge < -0.3 is 19.8 Å². The van der Waals surface area contributed by atoms with Crippen molar-refractivity contribution >= 4 is 16.8 Å². The Kier molecular flexibility index (Phi) is 6.51. The molecule has 4 aromatic rings. The van der Waals surface area contributed by atoms with Crippen molar-refractivity contribution in [3.8, 4) is 0 Å². The van der Waals surface area contributed by atoms with Crippen molar-refractivity contribution in [3.63, 3.8) is 0 Å². The number of amides is 1. The summed E-state index contributed by atoms with van der Waals surface area (Å²) in [5, 5.41) is 7.53. The highest BCUT2D eigenvalue weighted by Gasteiger charge is 2.32. The first-order valence-electron chi connectivity index (χ1n) is 12.0. The van der Waals surface area contributed by atoms with Crippen molar-refractivity contribution in [2.75, 3.05) is 13.1 Å². The molecule has 0 radical (unpaired) electrons. The van der Waals surface area contributed by atoms with Crippen LogP contribution in [-0.4, -0.2) is 28.1 Å². The number of nitrogens with zero attached hydrogens (tertiary/aromatic N) is 2. The number of halogens is 1. The molecule has 2 aromatic heterocycles. The topological polar surface area (TPSA) is 68.1 Å². The second-order valence-electron chi connectivity index (χ2n) is 9.26. The molecule has 1 fully saturated rings. The monoisotopic (exact) mass is 472 g/mol. The third-order valence-corrected chi connectivity index (χ3v) is 6.94. The van der Waals surface area contributed by atoms with Crippen LogP contribution in [0.15, 0.2) is 77.9 Å². The number of aromatic nitrogens is 2. The Morgan fingerprint density at radius 3 is 2.83 bits per heavy atom. The van der Waals surface area contributed by atoms with Crippen molar-refractivity contribution in [2.45, 2.75) is 25.4 Å². The highest BCUT2D eigenvalue weighted by atomic mass is 19.1. The Morgan fingerprint density at radius 2 is 2.00 bits per heavy atom. The van der Waals surface area contributed by atoms with Gasteiger partial charge in [0.1, 0.15) is 5.82 Å². The van der Waals surface area contributed by atoms with E-state index in [0.717, 1.165) is 40.6 Å². The second kappa shape index (κ2) is 9.88. The van der Waals surface area contributed by atoms with Crippen molar-refractivity contribution < 1.29 is 9.18 Å². The van der Waals surface area contributed by atoms with E-state index in [1.807, 2.05) is 42.6 Å². The molecule has 2 aromatic carbocycles. The molecule has 1 amide bonds. The summed E-state index contributed by atoms with van der Waals surface area (Å²) in [6, 6.07) is 18.3. The number of piperidine rings is 1. The number of nitrogens with one attached hydrogen (secondary N) is 2. The molecule has 35 heavy (non-hydrogen) atoms. The third-order valence-electron chi connectivity index (χ3n) is 6.94. The fourth-order valence-corrected chi connectivity index (χ4v) is 5.07. The number of hydrogen-bond donors (Lipinski definition) is 2. The molecular formula is C28H29FN4O2. The van der Waals surface area contributed by atoms with Crippen LogP contribution >= 0.6 is 0 Å². The Bertz CT molecular complexity index is 1420. The van der Waals surface area contributed by atoms with Crippen LogP contribution in [-0.2, 0) is 24.9 Å². The molecule has 2 unspecified atom stereocenters. The van der Waals surface area contributed by atoms with E-state index in [2.05, 4.69) is 15.2 Å². The van der Waals surface area contributed by atoms with Crippen molar-refractivity contribution in [1.29, 1.82) is 0 Å². The SMILES string of the molecule is Cn1ccc(C2CCNCC2C(=O)NCc2cn(Cc3cccc(F)c3)c3ccccc23)cc1=O. The maximum Gasteiger partial charge on any atom is 0.250 e. The second-order valence-corrected chi connectivity index (χ2v) is 9.26. The molecule has 3 heterocycles. The lowest BCUT2D eigenvalue weighted by molar-refractivity contribution is -0.126. The quantitative estimate of drug-likeness (QED) is 0.451. The van der Waals surface area contributed by atoms with Crippen LogP contribution < -0.4 is 16.2 Å². The molecule has 0 aliphatic carbocycles. The molecule has 2 atom stereocenters. The van der Waals surface area contributed by atoms with Crippen LogP contribution in [0.1, 0.15) is 29.0 Å². The Morgan fingerprint density at radius 1 is 1.14 bits per heavy atom. The van der Waals surface area contributed by atoms with Crippen molar-refractivity contribution in [2.24, 2.45) is 13.0 Å². The van der Waals surface area contributed by atoms with Gasteiger partial charge in [-0.2, -0.15) is 0 Å². The van der Waals surface area contributed by atoms with E-state index in [-0.39, 0.29) is 29.1 Å². The van der Waals surface area contributed by atoms with Crippen LogP contribution in [0.25, 0.3) is 10.9 Å². The number of carbonyl (C=O) groups is 1. The van der Waals surface area contributed by atoms with Gasteiger partial charge in [-0.25, -0.2) is 4.39 Å². The normalized spacial score (nSPS) is 18.0. The average molecular weight is 473 g/mol. The van der Waals surface area contributed by atoms with E-state index in [9.17, 15) is 14.0 Å². The van der Waals surface area contributed by atoms with Gasteiger partial charge in [0.05, 0.1) is 5.92 Å². The number of para-hydroxylation sites is 1. The molecule has 0 saturated carbocycles. The highest BCUT2D eigenvalue weighted by Crippen LogP contribution is 2.30. The standard InChI is InChI=1S/C28H29FN4O2/c1-32-12-10-20(14-27(32)34)23-9-11-30-16-25(23)28(35)31-15-21-18-33(26-8-3-2-7-24(21)26)17-19-5-4-6-22(29)13-19/h2-8,10,12-14,18,23,25,30H,9,11,15-17H2,1H3,(H,31,35). The van der Waals surface area contributed by atoms with Gasteiger partial charge in [0.2, 0.25) is 5.91 Å². The van der Waals surface area contributed by atoms with Crippen LogP contribution in [0, 0.1) is 11.7 Å². The first-order chi connectivity index (χ1) is 17.0. The zero-order valence-electron chi connectivity index (χ0n) is 19.7. The molecule has 0 bridgehead atoms. The molecule has 1 saturated heterocycles. The van der Waals surface area contributed by atoms with Gasteiger partial charge in [-0.1, -0.05) is 30.3 Å². The number of benzene rings is 2. The number of carbonyl (C=O) groups excluding carboxylic acids is 1. The van der Waals surface area contributed by atoms with Crippen LogP contribution in [0.4, 0.5) is 4.39 Å². The first kappa shape index (κ1) is 23.1. The smallest absolute Gasteiger partial charge is 0.250 e. The molecule has 1 aliphatic heterocycles. The lowest BCUT2D eigenvalue weighted by Crippen LogP contribution is -2.44. The van der Waals surface area contributed by atoms with Crippen LogP contribution in [0.2, 0.25) is 0 Å². The Hall–Kier alpha value is -3.71. The molecule has 6 nitrogen and oxygen atoms in total. The minimum atomic E-state index is -0.253. The fraction of sp³-hybridized carbons (Fsp3) is 0.286. The molecule has 180 valence electrons. The minimum Gasteiger partial charge on any atom is -0.352 e. The summed E-state index contributed by atoms with van der Waals surface area (Å²) in [4.78, 5) is 25.5. The average Bonchev–Trinajstić information content (AvgIpc) is 3.21. The Labute approximate surface area is 203 Å². The van der Waals surface area contributed by atoms with E-state index in [4.69, 9.17) is 0 Å². The zero-order chi connectivity index (χ0) is 24.4. The number of aryl methyl sites for hydroxylation is 1. The van der Waals surface area contributed by atoms with E-state index < -0.39 is 0 Å². The maximum absolute atomic E-state index is 13.7. The number of fused-ring (bicyclic) bond motifs is 1. The summed E-state index contributed by atoms with van der Waals surface area (Å²) in [6.07, 6.45) is 4.60. The summed E-state index contributed by atoms with van der Waals surface area (Å²) in [7, 11) is 1.73. The minimum absolute atomic E-state index is 0.000491. The summed E-state index contributed by atoms with van der Waals surface area (Å²) in [5.41, 5.74) is 3.79. The van der Waals surface area contributed by atoms with Gasteiger partial charge in [0, 0.05) is 56.0 Å². The summed E-state index contributed by atoms with van der Waals surface area (Å²) in [6.45, 7) is 2.34. The highest BCUT2D eigenvalue weighted by molar-refractivity contribution is 5.85. The van der Waals surface area contributed by atoms with Gasteiger partial charge in [0.15, 0.2) is 0 Å². The van der Waals surface area contributed by atoms with Gasteiger partial charge >= 0.3 is 0 Å². The van der Waals surface area contributed by atoms with E-state index in [1.54, 1.807) is 36.0 Å². The number of pyridine rings is 1. The lowest BCUT2D eigenvalue weighted by atomic mass is 9.81. The molecule has 7 heteroatoms. The van der Waals surface area contributed by atoms with E-state index in [0.29, 0.717) is 19.6 Å². The van der Waals surface area contributed by atoms with Crippen LogP contribution in [0.5, 0.6) is 0 Å². The van der Waals surface area contributed by atoms with E-state index in [1.165, 1.54) is 6.07 Å². The summed E-state index contributed by atoms with van der Waals surface area (Å²) < 4.78 is 17.3. The van der Waals surface area contributed by atoms with Gasteiger partial charge in [-0.3, -0.25) is 9.59 Å². The molecular weight excluding hydrogens is 443 g/mol.